The molecule has 0 aliphatic rings. The molecule has 0 spiro atoms. The number of aromatic amines is 1. The molecule has 5 nitrogen and oxygen atoms in total. The third kappa shape index (κ3) is 3.16. The maximum absolute atomic E-state index is 13.3. The number of anilines is 1. The second kappa shape index (κ2) is 6.27. The van der Waals surface area contributed by atoms with Gasteiger partial charge in [-0.2, -0.15) is 0 Å². The standard InChI is InChI=1S/C19H14FN3O2S/c20-14-7-4-8-15(11-14)23-26(24,25)16-9-10-17-18(12-16)22-19(21-17)13-5-2-1-3-6-13/h1-12,23H,(H,21,22). The fraction of sp³-hybridized carbons (Fsp3) is 0. The van der Waals surface area contributed by atoms with E-state index in [0.29, 0.717) is 16.9 Å². The Labute approximate surface area is 149 Å². The predicted octanol–water partition coefficient (Wildman–Crippen LogP) is 4.17. The summed E-state index contributed by atoms with van der Waals surface area (Å²) in [5, 5.41) is 0. The second-order valence-corrected chi connectivity index (χ2v) is 7.43. The number of benzene rings is 3. The minimum Gasteiger partial charge on any atom is -0.338 e. The predicted molar refractivity (Wildman–Crippen MR) is 98.7 cm³/mol. The number of nitrogens with zero attached hydrogens (tertiary/aromatic N) is 1. The molecule has 0 fully saturated rings. The zero-order valence-corrected chi connectivity index (χ0v) is 14.3. The fourth-order valence-corrected chi connectivity index (χ4v) is 3.73. The summed E-state index contributed by atoms with van der Waals surface area (Å²) in [5.74, 6) is 0.148. The lowest BCUT2D eigenvalue weighted by molar-refractivity contribution is 0.601. The molecule has 0 atom stereocenters. The number of hydrogen-bond acceptors (Lipinski definition) is 3. The van der Waals surface area contributed by atoms with Crippen molar-refractivity contribution in [2.45, 2.75) is 4.90 Å². The summed E-state index contributed by atoms with van der Waals surface area (Å²) in [6, 6.07) is 19.5. The van der Waals surface area contributed by atoms with Crippen molar-refractivity contribution in [3.63, 3.8) is 0 Å². The van der Waals surface area contributed by atoms with Crippen LogP contribution in [0.25, 0.3) is 22.4 Å². The van der Waals surface area contributed by atoms with Gasteiger partial charge in [0, 0.05) is 5.56 Å². The van der Waals surface area contributed by atoms with Gasteiger partial charge in [0.25, 0.3) is 10.0 Å². The highest BCUT2D eigenvalue weighted by Gasteiger charge is 2.16. The Morgan fingerprint density at radius 3 is 2.50 bits per heavy atom. The molecular formula is C19H14FN3O2S. The number of rotatable bonds is 4. The van der Waals surface area contributed by atoms with Crippen LogP contribution in [0.4, 0.5) is 10.1 Å². The van der Waals surface area contributed by atoms with Crippen LogP contribution in [0.2, 0.25) is 0 Å². The summed E-state index contributed by atoms with van der Waals surface area (Å²) in [4.78, 5) is 7.68. The van der Waals surface area contributed by atoms with Crippen LogP contribution in [-0.2, 0) is 10.0 Å². The molecule has 0 aliphatic carbocycles. The largest absolute Gasteiger partial charge is 0.338 e. The van der Waals surface area contributed by atoms with Gasteiger partial charge in [-0.25, -0.2) is 17.8 Å². The Morgan fingerprint density at radius 1 is 0.923 bits per heavy atom. The lowest BCUT2D eigenvalue weighted by Gasteiger charge is -2.08. The van der Waals surface area contributed by atoms with Crippen molar-refractivity contribution in [2.75, 3.05) is 4.72 Å². The molecule has 1 aromatic heterocycles. The normalized spacial score (nSPS) is 11.6. The van der Waals surface area contributed by atoms with Crippen LogP contribution >= 0.6 is 0 Å². The molecule has 4 aromatic rings. The van der Waals surface area contributed by atoms with Gasteiger partial charge in [0.05, 0.1) is 21.6 Å². The summed E-state index contributed by atoms with van der Waals surface area (Å²) in [6.07, 6.45) is 0. The molecule has 3 aromatic carbocycles. The van der Waals surface area contributed by atoms with E-state index in [-0.39, 0.29) is 10.6 Å². The van der Waals surface area contributed by atoms with E-state index < -0.39 is 15.8 Å². The Balaban J connectivity index is 1.70. The molecular weight excluding hydrogens is 353 g/mol. The molecule has 0 radical (unpaired) electrons. The Kier molecular flexibility index (Phi) is 3.93. The van der Waals surface area contributed by atoms with Crippen LogP contribution in [0.3, 0.4) is 0 Å². The van der Waals surface area contributed by atoms with Crippen molar-refractivity contribution in [2.24, 2.45) is 0 Å². The van der Waals surface area contributed by atoms with Crippen LogP contribution < -0.4 is 4.72 Å². The van der Waals surface area contributed by atoms with Gasteiger partial charge < -0.3 is 4.98 Å². The Morgan fingerprint density at radius 2 is 1.73 bits per heavy atom. The van der Waals surface area contributed by atoms with Crippen LogP contribution in [0.5, 0.6) is 0 Å². The van der Waals surface area contributed by atoms with E-state index in [1.165, 1.54) is 30.3 Å². The van der Waals surface area contributed by atoms with E-state index >= 15 is 0 Å². The van der Waals surface area contributed by atoms with E-state index in [0.717, 1.165) is 11.6 Å². The molecule has 2 N–H and O–H groups in total. The van der Waals surface area contributed by atoms with Gasteiger partial charge in [0.15, 0.2) is 0 Å². The van der Waals surface area contributed by atoms with E-state index in [1.807, 2.05) is 30.3 Å². The highest BCUT2D eigenvalue weighted by Crippen LogP contribution is 2.24. The van der Waals surface area contributed by atoms with Crippen molar-refractivity contribution >= 4 is 26.7 Å². The average molecular weight is 367 g/mol. The Bertz CT molecular complexity index is 1190. The van der Waals surface area contributed by atoms with Gasteiger partial charge in [0.1, 0.15) is 11.6 Å². The summed E-state index contributed by atoms with van der Waals surface area (Å²) < 4.78 is 40.8. The number of aromatic nitrogens is 2. The monoisotopic (exact) mass is 367 g/mol. The molecule has 130 valence electrons. The van der Waals surface area contributed by atoms with Crippen molar-refractivity contribution in [3.8, 4) is 11.4 Å². The van der Waals surface area contributed by atoms with E-state index in [1.54, 1.807) is 6.07 Å². The van der Waals surface area contributed by atoms with E-state index in [9.17, 15) is 12.8 Å². The number of nitrogens with one attached hydrogen (secondary N) is 2. The van der Waals surface area contributed by atoms with Crippen LogP contribution in [0.15, 0.2) is 77.7 Å². The van der Waals surface area contributed by atoms with E-state index in [2.05, 4.69) is 14.7 Å². The highest BCUT2D eigenvalue weighted by atomic mass is 32.2. The van der Waals surface area contributed by atoms with Gasteiger partial charge in [-0.15, -0.1) is 0 Å². The van der Waals surface area contributed by atoms with Crippen molar-refractivity contribution in [1.82, 2.24) is 9.97 Å². The summed E-state index contributed by atoms with van der Waals surface area (Å²) in [6.45, 7) is 0. The van der Waals surface area contributed by atoms with E-state index in [4.69, 9.17) is 0 Å². The molecule has 0 unspecified atom stereocenters. The number of halogens is 1. The van der Waals surface area contributed by atoms with Gasteiger partial charge >= 0.3 is 0 Å². The zero-order chi connectivity index (χ0) is 18.1. The zero-order valence-electron chi connectivity index (χ0n) is 13.5. The van der Waals surface area contributed by atoms with Gasteiger partial charge in [-0.05, 0) is 36.4 Å². The third-order valence-corrected chi connectivity index (χ3v) is 5.27. The highest BCUT2D eigenvalue weighted by molar-refractivity contribution is 7.92. The maximum Gasteiger partial charge on any atom is 0.261 e. The minimum absolute atomic E-state index is 0.0672. The van der Waals surface area contributed by atoms with Crippen LogP contribution in [-0.4, -0.2) is 18.4 Å². The smallest absolute Gasteiger partial charge is 0.261 e. The van der Waals surface area contributed by atoms with Gasteiger partial charge in [0.2, 0.25) is 0 Å². The summed E-state index contributed by atoms with van der Waals surface area (Å²) >= 11 is 0. The third-order valence-electron chi connectivity index (χ3n) is 3.89. The lowest BCUT2D eigenvalue weighted by Crippen LogP contribution is -2.12. The first-order chi connectivity index (χ1) is 12.5. The average Bonchev–Trinajstić information content (AvgIpc) is 3.05. The van der Waals surface area contributed by atoms with Gasteiger partial charge in [-0.3, -0.25) is 4.72 Å². The molecule has 0 aliphatic heterocycles. The molecule has 1 heterocycles. The number of fused-ring (bicyclic) bond motifs is 1. The molecule has 0 saturated carbocycles. The molecule has 0 amide bonds. The quantitative estimate of drug-likeness (QED) is 0.568. The van der Waals surface area contributed by atoms with Crippen LogP contribution in [0.1, 0.15) is 0 Å². The number of H-pyrrole nitrogens is 1. The molecule has 7 heteroatoms. The number of sulfonamides is 1. The molecule has 0 saturated heterocycles. The topological polar surface area (TPSA) is 74.8 Å². The first-order valence-electron chi connectivity index (χ1n) is 7.85. The number of imidazole rings is 1. The van der Waals surface area contributed by atoms with Gasteiger partial charge in [-0.1, -0.05) is 36.4 Å². The van der Waals surface area contributed by atoms with Crippen molar-refractivity contribution in [3.05, 3.63) is 78.6 Å². The minimum atomic E-state index is -3.84. The number of hydrogen-bond donors (Lipinski definition) is 2. The summed E-state index contributed by atoms with van der Waals surface area (Å²) in [7, 11) is -3.84. The fourth-order valence-electron chi connectivity index (χ4n) is 2.65. The summed E-state index contributed by atoms with van der Waals surface area (Å²) in [5.41, 5.74) is 2.34. The van der Waals surface area contributed by atoms with Crippen molar-refractivity contribution < 1.29 is 12.8 Å². The van der Waals surface area contributed by atoms with Crippen molar-refractivity contribution in [1.29, 1.82) is 0 Å². The SMILES string of the molecule is O=S(=O)(Nc1cccc(F)c1)c1ccc2nc(-c3ccccc3)[nH]c2c1. The first kappa shape index (κ1) is 16.3. The maximum atomic E-state index is 13.3. The lowest BCUT2D eigenvalue weighted by atomic mass is 10.2. The molecule has 4 rings (SSSR count). The first-order valence-corrected chi connectivity index (χ1v) is 9.33. The second-order valence-electron chi connectivity index (χ2n) is 5.75. The molecule has 0 bridgehead atoms. The van der Waals surface area contributed by atoms with Crippen LogP contribution in [0, 0.1) is 5.82 Å². The molecule has 26 heavy (non-hydrogen) atoms. The Hall–Kier alpha value is -3.19.